The van der Waals surface area contributed by atoms with Gasteiger partial charge in [-0.25, -0.2) is 0 Å². The molecule has 2 rings (SSSR count). The highest BCUT2D eigenvalue weighted by atomic mass is 31.2. The molecule has 160 valence electrons. The van der Waals surface area contributed by atoms with Crippen LogP contribution in [-0.4, -0.2) is 18.5 Å². The van der Waals surface area contributed by atoms with Crippen molar-refractivity contribution in [1.82, 2.24) is 0 Å². The van der Waals surface area contributed by atoms with E-state index in [2.05, 4.69) is 0 Å². The standard InChI is InChI=1S/C19H19F6O3P/c1-13(2)26-29(27-16(18(20,21)22)14-9-5-3-6-10-14)28-17(19(23,24)25)15-11-7-4-8-12-15/h3-13,16-17H,1-2H3. The van der Waals surface area contributed by atoms with Crippen LogP contribution < -0.4 is 0 Å². The first-order valence-corrected chi connectivity index (χ1v) is 9.61. The lowest BCUT2D eigenvalue weighted by molar-refractivity contribution is -0.215. The number of hydrogen-bond acceptors (Lipinski definition) is 3. The monoisotopic (exact) mass is 440 g/mol. The molecule has 10 heteroatoms. The van der Waals surface area contributed by atoms with E-state index in [1.165, 1.54) is 74.5 Å². The smallest absolute Gasteiger partial charge is 0.309 e. The van der Waals surface area contributed by atoms with E-state index in [-0.39, 0.29) is 11.1 Å². The van der Waals surface area contributed by atoms with Crippen molar-refractivity contribution >= 4 is 8.60 Å². The van der Waals surface area contributed by atoms with Crippen molar-refractivity contribution in [3.63, 3.8) is 0 Å². The summed E-state index contributed by atoms with van der Waals surface area (Å²) in [6, 6.07) is 13.2. The van der Waals surface area contributed by atoms with Gasteiger partial charge in [0.05, 0.1) is 6.10 Å². The van der Waals surface area contributed by atoms with Crippen LogP contribution in [0.1, 0.15) is 37.2 Å². The Morgan fingerprint density at radius 1 is 0.621 bits per heavy atom. The van der Waals surface area contributed by atoms with Gasteiger partial charge in [0.1, 0.15) is 0 Å². The Morgan fingerprint density at radius 3 is 1.24 bits per heavy atom. The molecule has 2 atom stereocenters. The van der Waals surface area contributed by atoms with E-state index in [0.29, 0.717) is 0 Å². The van der Waals surface area contributed by atoms with Crippen LogP contribution in [0.15, 0.2) is 60.7 Å². The van der Waals surface area contributed by atoms with Crippen LogP contribution in [0.5, 0.6) is 0 Å². The molecule has 0 saturated heterocycles. The predicted octanol–water partition coefficient (Wildman–Crippen LogP) is 7.28. The zero-order valence-electron chi connectivity index (χ0n) is 15.4. The lowest BCUT2D eigenvalue weighted by atomic mass is 10.1. The molecule has 0 aliphatic heterocycles. The summed E-state index contributed by atoms with van der Waals surface area (Å²) in [4.78, 5) is 0. The molecule has 0 aliphatic carbocycles. The molecule has 0 heterocycles. The Bertz CT molecular complexity index is 678. The van der Waals surface area contributed by atoms with E-state index in [1.807, 2.05) is 0 Å². The lowest BCUT2D eigenvalue weighted by Gasteiger charge is -2.29. The van der Waals surface area contributed by atoms with Crippen molar-refractivity contribution in [2.24, 2.45) is 0 Å². The Labute approximate surface area is 165 Å². The van der Waals surface area contributed by atoms with Gasteiger partial charge in [0.2, 0.25) is 0 Å². The van der Waals surface area contributed by atoms with Gasteiger partial charge in [0.25, 0.3) is 0 Å². The third-order valence-electron chi connectivity index (χ3n) is 3.48. The third kappa shape index (κ3) is 7.26. The molecule has 2 aromatic carbocycles. The maximum absolute atomic E-state index is 13.5. The van der Waals surface area contributed by atoms with Crippen LogP contribution in [0.4, 0.5) is 26.3 Å². The molecule has 0 aromatic heterocycles. The maximum atomic E-state index is 13.5. The van der Waals surface area contributed by atoms with Gasteiger partial charge in [-0.3, -0.25) is 9.05 Å². The fourth-order valence-electron chi connectivity index (χ4n) is 2.29. The molecule has 2 aromatic rings. The first-order valence-electron chi connectivity index (χ1n) is 8.52. The molecule has 0 radical (unpaired) electrons. The molecule has 29 heavy (non-hydrogen) atoms. The molecule has 0 N–H and O–H groups in total. The van der Waals surface area contributed by atoms with Gasteiger partial charge in [-0.1, -0.05) is 60.7 Å². The first-order chi connectivity index (χ1) is 13.5. The minimum atomic E-state index is -4.88. The largest absolute Gasteiger partial charge is 0.419 e. The molecule has 2 unspecified atom stereocenters. The van der Waals surface area contributed by atoms with Crippen LogP contribution in [0.3, 0.4) is 0 Å². The van der Waals surface area contributed by atoms with Crippen molar-refractivity contribution in [2.75, 3.05) is 0 Å². The number of benzene rings is 2. The van der Waals surface area contributed by atoms with Crippen molar-refractivity contribution in [3.05, 3.63) is 71.8 Å². The molecule has 0 aliphatic rings. The number of hydrogen-bond donors (Lipinski definition) is 0. The summed E-state index contributed by atoms with van der Waals surface area (Å²) in [5.41, 5.74) is -0.543. The number of halogens is 6. The topological polar surface area (TPSA) is 27.7 Å². The predicted molar refractivity (Wildman–Crippen MR) is 95.8 cm³/mol. The van der Waals surface area contributed by atoms with Crippen LogP contribution in [0, 0.1) is 0 Å². The van der Waals surface area contributed by atoms with Crippen molar-refractivity contribution in [2.45, 2.75) is 44.5 Å². The van der Waals surface area contributed by atoms with E-state index in [1.54, 1.807) is 0 Å². The van der Waals surface area contributed by atoms with E-state index in [4.69, 9.17) is 13.6 Å². The van der Waals surface area contributed by atoms with Gasteiger partial charge >= 0.3 is 21.0 Å². The molecule has 0 saturated carbocycles. The molecule has 0 fully saturated rings. The summed E-state index contributed by atoms with van der Waals surface area (Å²) < 4.78 is 96.4. The number of alkyl halides is 6. The molecule has 3 nitrogen and oxygen atoms in total. The Morgan fingerprint density at radius 2 is 0.966 bits per heavy atom. The van der Waals surface area contributed by atoms with Crippen molar-refractivity contribution in [1.29, 1.82) is 0 Å². The van der Waals surface area contributed by atoms with E-state index in [9.17, 15) is 26.3 Å². The zero-order chi connectivity index (χ0) is 21.7. The number of rotatable bonds is 8. The summed E-state index contributed by atoms with van der Waals surface area (Å²) in [6.07, 6.45) is -15.5. The summed E-state index contributed by atoms with van der Waals surface area (Å²) in [6.45, 7) is 2.91. The van der Waals surface area contributed by atoms with Gasteiger partial charge in [-0.15, -0.1) is 0 Å². The Kier molecular flexibility index (Phi) is 8.05. The molecule has 0 spiro atoms. The first kappa shape index (κ1) is 23.6. The fourth-order valence-corrected chi connectivity index (χ4v) is 3.61. The van der Waals surface area contributed by atoms with Gasteiger partial charge in [0.15, 0.2) is 12.2 Å². The van der Waals surface area contributed by atoms with Crippen molar-refractivity contribution in [3.8, 4) is 0 Å². The third-order valence-corrected chi connectivity index (χ3v) is 4.84. The molecular weight excluding hydrogens is 421 g/mol. The highest BCUT2D eigenvalue weighted by Gasteiger charge is 2.48. The van der Waals surface area contributed by atoms with Gasteiger partial charge < -0.3 is 4.52 Å². The Hall–Kier alpha value is -1.67. The molecule has 0 amide bonds. The minimum Gasteiger partial charge on any atom is -0.309 e. The van der Waals surface area contributed by atoms with E-state index >= 15 is 0 Å². The van der Waals surface area contributed by atoms with Crippen molar-refractivity contribution < 1.29 is 39.9 Å². The van der Waals surface area contributed by atoms with Crippen LogP contribution >= 0.6 is 8.60 Å². The maximum Gasteiger partial charge on any atom is 0.419 e. The van der Waals surface area contributed by atoms with Crippen LogP contribution in [0.25, 0.3) is 0 Å². The SMILES string of the molecule is CC(C)OP(OC(c1ccccc1)C(F)(F)F)OC(c1ccccc1)C(F)(F)F. The second kappa shape index (κ2) is 9.89. The second-order valence-corrected chi connectivity index (χ2v) is 7.33. The molecule has 0 bridgehead atoms. The Balaban J connectivity index is 2.33. The second-order valence-electron chi connectivity index (χ2n) is 6.25. The fraction of sp³-hybridized carbons (Fsp3) is 0.368. The summed E-state index contributed by atoms with van der Waals surface area (Å²) in [5, 5.41) is 0. The summed E-state index contributed by atoms with van der Waals surface area (Å²) in [5.74, 6) is 0. The van der Waals surface area contributed by atoms with Gasteiger partial charge in [0, 0.05) is 0 Å². The highest BCUT2D eigenvalue weighted by molar-refractivity contribution is 7.41. The van der Waals surface area contributed by atoms with Crippen LogP contribution in [0.2, 0.25) is 0 Å². The van der Waals surface area contributed by atoms with Crippen LogP contribution in [-0.2, 0) is 13.6 Å². The average molecular weight is 440 g/mol. The quantitative estimate of drug-likeness (QED) is 0.319. The van der Waals surface area contributed by atoms with Gasteiger partial charge in [-0.05, 0) is 25.0 Å². The highest BCUT2D eigenvalue weighted by Crippen LogP contribution is 2.55. The summed E-state index contributed by atoms with van der Waals surface area (Å²) in [7, 11) is -2.99. The van der Waals surface area contributed by atoms with E-state index in [0.717, 1.165) is 0 Å². The summed E-state index contributed by atoms with van der Waals surface area (Å²) >= 11 is 0. The van der Waals surface area contributed by atoms with E-state index < -0.39 is 39.3 Å². The zero-order valence-corrected chi connectivity index (χ0v) is 16.3. The normalized spacial score (nSPS) is 15.9. The van der Waals surface area contributed by atoms with Gasteiger partial charge in [-0.2, -0.15) is 26.3 Å². The minimum absolute atomic E-state index is 0.272. The molecular formula is C19H19F6O3P. The average Bonchev–Trinajstić information content (AvgIpc) is 2.63. The lowest BCUT2D eigenvalue weighted by Crippen LogP contribution is -2.26.